The Bertz CT molecular complexity index is 518. The number of thiophene rings is 1. The number of hydrogen-bond acceptors (Lipinski definition) is 6. The monoisotopic (exact) mass is 291 g/mol. The molecule has 2 N–H and O–H groups in total. The summed E-state index contributed by atoms with van der Waals surface area (Å²) in [6.07, 6.45) is 0. The number of nitrogens with zero attached hydrogens (tertiary/aromatic N) is 2. The van der Waals surface area contributed by atoms with Gasteiger partial charge >= 0.3 is 0 Å². The lowest BCUT2D eigenvalue weighted by Crippen LogP contribution is -2.46. The van der Waals surface area contributed by atoms with Crippen molar-refractivity contribution < 1.29 is 13.5 Å². The van der Waals surface area contributed by atoms with Crippen LogP contribution in [0.5, 0.6) is 5.75 Å². The maximum Gasteiger partial charge on any atom is 0.256 e. The number of rotatable bonds is 3. The quantitative estimate of drug-likeness (QED) is 0.845. The molecular weight excluding hydrogens is 274 g/mol. The van der Waals surface area contributed by atoms with Crippen LogP contribution in [0, 0.1) is 0 Å². The highest BCUT2D eigenvalue weighted by atomic mass is 32.2. The summed E-state index contributed by atoms with van der Waals surface area (Å²) in [6, 6.07) is 0. The first-order chi connectivity index (χ1) is 8.46. The summed E-state index contributed by atoms with van der Waals surface area (Å²) in [6.45, 7) is 2.35. The Kier molecular flexibility index (Phi) is 3.81. The molecule has 0 spiro atoms. The van der Waals surface area contributed by atoms with Crippen molar-refractivity contribution in [3.8, 4) is 5.75 Å². The van der Waals surface area contributed by atoms with Gasteiger partial charge in [-0.25, -0.2) is 8.42 Å². The Morgan fingerprint density at radius 2 is 1.94 bits per heavy atom. The summed E-state index contributed by atoms with van der Waals surface area (Å²) >= 11 is 1.05. The lowest BCUT2D eigenvalue weighted by atomic mass is 10.4. The normalized spacial score (nSPS) is 19.0. The SMILES string of the molecule is CNc1csc(S(=O)(=O)N2CCN(C)CC2)c1O. The molecule has 102 valence electrons. The van der Waals surface area contributed by atoms with Crippen molar-refractivity contribution in [1.29, 1.82) is 0 Å². The standard InChI is InChI=1S/C10H17N3O3S2/c1-11-8-7-17-10(9(8)14)18(15,16)13-5-3-12(2)4-6-13/h7,11,14H,3-6H2,1-2H3. The number of anilines is 1. The lowest BCUT2D eigenvalue weighted by Gasteiger charge is -2.31. The minimum absolute atomic E-state index is 0.0244. The molecule has 0 unspecified atom stereocenters. The van der Waals surface area contributed by atoms with Gasteiger partial charge in [0.15, 0.2) is 9.96 Å². The summed E-state index contributed by atoms with van der Waals surface area (Å²) in [5.41, 5.74) is 0.452. The average molecular weight is 291 g/mol. The fraction of sp³-hybridized carbons (Fsp3) is 0.600. The average Bonchev–Trinajstić information content (AvgIpc) is 2.71. The number of hydrogen-bond donors (Lipinski definition) is 2. The van der Waals surface area contributed by atoms with Gasteiger partial charge in [0.25, 0.3) is 10.0 Å². The molecule has 0 atom stereocenters. The molecule has 8 heteroatoms. The van der Waals surface area contributed by atoms with E-state index in [0.29, 0.717) is 31.9 Å². The molecule has 1 saturated heterocycles. The maximum atomic E-state index is 12.4. The lowest BCUT2D eigenvalue weighted by molar-refractivity contribution is 0.222. The van der Waals surface area contributed by atoms with E-state index < -0.39 is 10.0 Å². The van der Waals surface area contributed by atoms with E-state index in [1.807, 2.05) is 7.05 Å². The summed E-state index contributed by atoms with van der Waals surface area (Å²) < 4.78 is 26.2. The van der Waals surface area contributed by atoms with Crippen molar-refractivity contribution in [2.75, 3.05) is 45.6 Å². The van der Waals surface area contributed by atoms with Gasteiger partial charge in [-0.2, -0.15) is 4.31 Å². The van der Waals surface area contributed by atoms with E-state index in [1.54, 1.807) is 12.4 Å². The largest absolute Gasteiger partial charge is 0.504 e. The first kappa shape index (κ1) is 13.6. The Labute approximate surface area is 111 Å². The summed E-state index contributed by atoms with van der Waals surface area (Å²) in [4.78, 5) is 2.08. The molecule has 0 aromatic carbocycles. The molecule has 0 amide bonds. The van der Waals surface area contributed by atoms with Crippen LogP contribution in [-0.4, -0.2) is 63.0 Å². The number of piperazine rings is 1. The van der Waals surface area contributed by atoms with Crippen LogP contribution in [0.4, 0.5) is 5.69 Å². The van der Waals surface area contributed by atoms with Crippen molar-refractivity contribution in [2.24, 2.45) is 0 Å². The van der Waals surface area contributed by atoms with E-state index in [2.05, 4.69) is 10.2 Å². The molecule has 6 nitrogen and oxygen atoms in total. The zero-order valence-electron chi connectivity index (χ0n) is 10.4. The van der Waals surface area contributed by atoms with Crippen molar-refractivity contribution in [3.63, 3.8) is 0 Å². The predicted molar refractivity (Wildman–Crippen MR) is 71.8 cm³/mol. The number of likely N-dealkylation sites (N-methyl/N-ethyl adjacent to an activating group) is 1. The Morgan fingerprint density at radius 3 is 2.44 bits per heavy atom. The van der Waals surface area contributed by atoms with Crippen LogP contribution >= 0.6 is 11.3 Å². The highest BCUT2D eigenvalue weighted by Gasteiger charge is 2.31. The van der Waals surface area contributed by atoms with Crippen LogP contribution in [0.25, 0.3) is 0 Å². The third-order valence-electron chi connectivity index (χ3n) is 3.04. The van der Waals surface area contributed by atoms with Gasteiger partial charge in [0, 0.05) is 38.6 Å². The molecule has 0 saturated carbocycles. The van der Waals surface area contributed by atoms with Crippen molar-refractivity contribution >= 4 is 27.0 Å². The zero-order valence-corrected chi connectivity index (χ0v) is 12.0. The fourth-order valence-electron chi connectivity index (χ4n) is 1.84. The van der Waals surface area contributed by atoms with Crippen LogP contribution in [0.3, 0.4) is 0 Å². The fourth-order valence-corrected chi connectivity index (χ4v) is 4.70. The molecule has 1 aliphatic rings. The van der Waals surface area contributed by atoms with Crippen molar-refractivity contribution in [3.05, 3.63) is 5.38 Å². The van der Waals surface area contributed by atoms with Crippen LogP contribution in [0.1, 0.15) is 0 Å². The van der Waals surface area contributed by atoms with Gasteiger partial charge in [0.2, 0.25) is 0 Å². The van der Waals surface area contributed by atoms with Crippen LogP contribution in [0.15, 0.2) is 9.59 Å². The molecule has 2 heterocycles. The minimum atomic E-state index is -3.57. The highest BCUT2D eigenvalue weighted by Crippen LogP contribution is 2.38. The van der Waals surface area contributed by atoms with E-state index in [0.717, 1.165) is 11.3 Å². The van der Waals surface area contributed by atoms with Crippen LogP contribution in [0.2, 0.25) is 0 Å². The molecule has 0 bridgehead atoms. The summed E-state index contributed by atoms with van der Waals surface area (Å²) in [7, 11) is 0.0406. The Morgan fingerprint density at radius 1 is 1.33 bits per heavy atom. The topological polar surface area (TPSA) is 72.9 Å². The van der Waals surface area contributed by atoms with Gasteiger partial charge < -0.3 is 15.3 Å². The van der Waals surface area contributed by atoms with E-state index in [-0.39, 0.29) is 9.96 Å². The van der Waals surface area contributed by atoms with E-state index in [4.69, 9.17) is 0 Å². The van der Waals surface area contributed by atoms with Crippen molar-refractivity contribution in [2.45, 2.75) is 4.21 Å². The summed E-state index contributed by atoms with van der Waals surface area (Å²) in [5, 5.41) is 14.3. The minimum Gasteiger partial charge on any atom is -0.504 e. The van der Waals surface area contributed by atoms with Gasteiger partial charge in [-0.3, -0.25) is 0 Å². The van der Waals surface area contributed by atoms with Gasteiger partial charge in [0.05, 0.1) is 5.69 Å². The second-order valence-electron chi connectivity index (χ2n) is 4.24. The smallest absolute Gasteiger partial charge is 0.256 e. The van der Waals surface area contributed by atoms with Gasteiger partial charge in [-0.15, -0.1) is 11.3 Å². The van der Waals surface area contributed by atoms with E-state index >= 15 is 0 Å². The van der Waals surface area contributed by atoms with E-state index in [1.165, 1.54) is 4.31 Å². The molecule has 1 aliphatic heterocycles. The molecule has 2 rings (SSSR count). The number of nitrogens with one attached hydrogen (secondary N) is 1. The Hall–Kier alpha value is -0.830. The second-order valence-corrected chi connectivity index (χ2v) is 7.26. The number of sulfonamides is 1. The maximum absolute atomic E-state index is 12.4. The van der Waals surface area contributed by atoms with Gasteiger partial charge in [-0.05, 0) is 7.05 Å². The molecule has 18 heavy (non-hydrogen) atoms. The first-order valence-corrected chi connectivity index (χ1v) is 7.95. The summed E-state index contributed by atoms with van der Waals surface area (Å²) in [5.74, 6) is -0.179. The molecular formula is C10H17N3O3S2. The highest BCUT2D eigenvalue weighted by molar-refractivity contribution is 7.91. The molecule has 1 aromatic heterocycles. The number of aromatic hydroxyl groups is 1. The predicted octanol–water partition coefficient (Wildman–Crippen LogP) is 0.432. The molecule has 1 aromatic rings. The van der Waals surface area contributed by atoms with Gasteiger partial charge in [0.1, 0.15) is 0 Å². The Balaban J connectivity index is 2.28. The van der Waals surface area contributed by atoms with Crippen LogP contribution < -0.4 is 5.32 Å². The van der Waals surface area contributed by atoms with Crippen molar-refractivity contribution in [1.82, 2.24) is 9.21 Å². The third kappa shape index (κ3) is 2.33. The zero-order chi connectivity index (χ0) is 13.3. The second kappa shape index (κ2) is 5.04. The molecule has 0 aliphatic carbocycles. The van der Waals surface area contributed by atoms with Gasteiger partial charge in [-0.1, -0.05) is 0 Å². The first-order valence-electron chi connectivity index (χ1n) is 5.63. The van der Waals surface area contributed by atoms with Crippen LogP contribution in [-0.2, 0) is 10.0 Å². The van der Waals surface area contributed by atoms with E-state index in [9.17, 15) is 13.5 Å². The third-order valence-corrected chi connectivity index (χ3v) is 6.43. The molecule has 1 fully saturated rings. The molecule has 0 radical (unpaired) electrons.